The molecule has 0 spiro atoms. The third-order valence-corrected chi connectivity index (χ3v) is 3.05. The first-order valence-corrected chi connectivity index (χ1v) is 6.20. The molecule has 2 N–H and O–H groups in total. The molecule has 0 aliphatic heterocycles. The molecule has 1 heterocycles. The van der Waals surface area contributed by atoms with Crippen LogP contribution < -0.4 is 5.32 Å². The van der Waals surface area contributed by atoms with Crippen LogP contribution in [-0.4, -0.2) is 32.4 Å². The quantitative estimate of drug-likeness (QED) is 0.787. The summed E-state index contributed by atoms with van der Waals surface area (Å²) in [5.41, 5.74) is 1.53. The maximum Gasteiger partial charge on any atom is 0.243 e. The summed E-state index contributed by atoms with van der Waals surface area (Å²) in [4.78, 5) is 4.45. The van der Waals surface area contributed by atoms with Gasteiger partial charge in [-0.1, -0.05) is 20.8 Å². The van der Waals surface area contributed by atoms with E-state index in [1.807, 2.05) is 20.8 Å². The lowest BCUT2D eigenvalue weighted by atomic mass is 10.0. The molecule has 5 nitrogen and oxygen atoms in total. The van der Waals surface area contributed by atoms with Crippen LogP contribution in [0, 0.1) is 0 Å². The zero-order valence-electron chi connectivity index (χ0n) is 11.1. The molecular weight excluding hydrogens is 216 g/mol. The monoisotopic (exact) mass is 238 g/mol. The lowest BCUT2D eigenvalue weighted by Crippen LogP contribution is -2.38. The van der Waals surface area contributed by atoms with Crippen LogP contribution in [0.15, 0.2) is 0 Å². The fourth-order valence-corrected chi connectivity index (χ4v) is 1.50. The summed E-state index contributed by atoms with van der Waals surface area (Å²) in [6.45, 7) is 8.09. The van der Waals surface area contributed by atoms with E-state index >= 15 is 0 Å². The third kappa shape index (κ3) is 3.36. The number of anilines is 1. The van der Waals surface area contributed by atoms with Crippen molar-refractivity contribution in [1.29, 1.82) is 0 Å². The van der Waals surface area contributed by atoms with Crippen LogP contribution in [0.3, 0.4) is 0 Å². The van der Waals surface area contributed by atoms with E-state index in [0.717, 1.165) is 30.7 Å². The number of nitrogens with zero attached hydrogens (tertiary/aromatic N) is 3. The zero-order valence-corrected chi connectivity index (χ0v) is 11.1. The average Bonchev–Trinajstić information content (AvgIpc) is 2.38. The van der Waals surface area contributed by atoms with Gasteiger partial charge in [-0.25, -0.2) is 4.98 Å². The molecule has 0 aliphatic rings. The number of aliphatic hydroxyl groups is 1. The van der Waals surface area contributed by atoms with Gasteiger partial charge in [0, 0.05) is 0 Å². The number of hydrogen-bond acceptors (Lipinski definition) is 5. The molecule has 17 heavy (non-hydrogen) atoms. The highest BCUT2D eigenvalue weighted by atomic mass is 16.3. The smallest absolute Gasteiger partial charge is 0.243 e. The van der Waals surface area contributed by atoms with Crippen molar-refractivity contribution in [3.63, 3.8) is 0 Å². The third-order valence-electron chi connectivity index (χ3n) is 3.05. The van der Waals surface area contributed by atoms with Gasteiger partial charge < -0.3 is 10.4 Å². The molecule has 0 aliphatic carbocycles. The molecule has 5 heteroatoms. The Morgan fingerprint density at radius 1 is 1.12 bits per heavy atom. The lowest BCUT2D eigenvalue weighted by Gasteiger charge is -2.27. The summed E-state index contributed by atoms with van der Waals surface area (Å²) in [5, 5.41) is 20.7. The number of aryl methyl sites for hydroxylation is 2. The maximum atomic E-state index is 9.34. The Morgan fingerprint density at radius 2 is 1.76 bits per heavy atom. The number of nitrogens with one attached hydrogen (secondary N) is 1. The van der Waals surface area contributed by atoms with Crippen molar-refractivity contribution in [3.8, 4) is 0 Å². The van der Waals surface area contributed by atoms with Crippen LogP contribution in [0.2, 0.25) is 0 Å². The zero-order chi connectivity index (χ0) is 12.9. The van der Waals surface area contributed by atoms with Gasteiger partial charge in [-0.15, -0.1) is 5.10 Å². The van der Waals surface area contributed by atoms with Crippen molar-refractivity contribution < 1.29 is 5.11 Å². The van der Waals surface area contributed by atoms with E-state index in [-0.39, 0.29) is 12.1 Å². The predicted octanol–water partition coefficient (Wildman–Crippen LogP) is 1.57. The summed E-state index contributed by atoms with van der Waals surface area (Å²) < 4.78 is 0. The van der Waals surface area contributed by atoms with Crippen LogP contribution in [0.4, 0.5) is 5.95 Å². The van der Waals surface area contributed by atoms with E-state index in [1.165, 1.54) is 0 Å². The summed E-state index contributed by atoms with van der Waals surface area (Å²) in [5.74, 6) is 0.498. The maximum absolute atomic E-state index is 9.34. The highest BCUT2D eigenvalue weighted by molar-refractivity contribution is 5.29. The molecular formula is C12H22N4O. The van der Waals surface area contributed by atoms with Crippen molar-refractivity contribution in [3.05, 3.63) is 11.4 Å². The van der Waals surface area contributed by atoms with Gasteiger partial charge >= 0.3 is 0 Å². The highest BCUT2D eigenvalue weighted by Crippen LogP contribution is 2.15. The van der Waals surface area contributed by atoms with Crippen LogP contribution in [0.5, 0.6) is 0 Å². The van der Waals surface area contributed by atoms with Gasteiger partial charge in [-0.05, 0) is 26.2 Å². The van der Waals surface area contributed by atoms with E-state index < -0.39 is 0 Å². The normalized spacial score (nSPS) is 14.4. The molecule has 1 atom stereocenters. The van der Waals surface area contributed by atoms with Crippen LogP contribution in [0.1, 0.15) is 45.5 Å². The highest BCUT2D eigenvalue weighted by Gasteiger charge is 2.22. The van der Waals surface area contributed by atoms with E-state index in [0.29, 0.717) is 5.95 Å². The van der Waals surface area contributed by atoms with Crippen LogP contribution in [0.25, 0.3) is 0 Å². The molecule has 0 bridgehead atoms. The fourth-order valence-electron chi connectivity index (χ4n) is 1.50. The second kappa shape index (κ2) is 5.91. The van der Waals surface area contributed by atoms with Gasteiger partial charge in [0.1, 0.15) is 0 Å². The minimum Gasteiger partial charge on any atom is -0.394 e. The Morgan fingerprint density at radius 3 is 2.24 bits per heavy atom. The van der Waals surface area contributed by atoms with Crippen LogP contribution >= 0.6 is 0 Å². The van der Waals surface area contributed by atoms with Crippen molar-refractivity contribution >= 4 is 5.95 Å². The van der Waals surface area contributed by atoms with Gasteiger partial charge in [0.15, 0.2) is 0 Å². The Bertz CT molecular complexity index is 364. The second-order valence-corrected chi connectivity index (χ2v) is 4.43. The first-order chi connectivity index (χ1) is 8.08. The van der Waals surface area contributed by atoms with Crippen molar-refractivity contribution in [2.45, 2.75) is 52.5 Å². The van der Waals surface area contributed by atoms with Crippen molar-refractivity contribution in [2.24, 2.45) is 0 Å². The molecule has 96 valence electrons. The summed E-state index contributed by atoms with van der Waals surface area (Å²) >= 11 is 0. The molecule has 0 aromatic carbocycles. The lowest BCUT2D eigenvalue weighted by molar-refractivity contribution is 0.218. The number of aromatic nitrogens is 3. The molecule has 1 aromatic heterocycles. The summed E-state index contributed by atoms with van der Waals surface area (Å²) in [7, 11) is 0. The van der Waals surface area contributed by atoms with Gasteiger partial charge in [0.25, 0.3) is 0 Å². The molecule has 1 unspecified atom stereocenters. The molecule has 1 aromatic rings. The van der Waals surface area contributed by atoms with E-state index in [4.69, 9.17) is 0 Å². The molecule has 0 amide bonds. The summed E-state index contributed by atoms with van der Waals surface area (Å²) in [6, 6.07) is 0. The molecule has 0 saturated heterocycles. The Hall–Kier alpha value is -1.23. The fraction of sp³-hybridized carbons (Fsp3) is 0.750. The molecule has 0 saturated carbocycles. The number of hydrogen-bond donors (Lipinski definition) is 2. The standard InChI is InChI=1S/C12H22N4O/c1-5-9-10(6-2)15-16-11(13-9)14-12(4,7-3)8-17/h17H,5-8H2,1-4H3,(H,13,14,16). The Balaban J connectivity index is 2.93. The van der Waals surface area contributed by atoms with Gasteiger partial charge in [0.05, 0.1) is 23.5 Å². The SMILES string of the molecule is CCc1nnc(NC(C)(CC)CO)nc1CC. The van der Waals surface area contributed by atoms with E-state index in [2.05, 4.69) is 27.4 Å². The summed E-state index contributed by atoms with van der Waals surface area (Å²) in [6.07, 6.45) is 2.48. The van der Waals surface area contributed by atoms with Gasteiger partial charge in [-0.2, -0.15) is 5.10 Å². The first kappa shape index (κ1) is 13.8. The average molecular weight is 238 g/mol. The second-order valence-electron chi connectivity index (χ2n) is 4.43. The van der Waals surface area contributed by atoms with Gasteiger partial charge in [-0.3, -0.25) is 0 Å². The van der Waals surface area contributed by atoms with Crippen molar-refractivity contribution in [2.75, 3.05) is 11.9 Å². The largest absolute Gasteiger partial charge is 0.394 e. The van der Waals surface area contributed by atoms with E-state index in [9.17, 15) is 5.11 Å². The Kier molecular flexibility index (Phi) is 4.81. The van der Waals surface area contributed by atoms with Crippen LogP contribution in [-0.2, 0) is 12.8 Å². The Labute approximate surface area is 103 Å². The van der Waals surface area contributed by atoms with Gasteiger partial charge in [0.2, 0.25) is 5.95 Å². The minimum atomic E-state index is -0.388. The number of rotatable bonds is 6. The number of aliphatic hydroxyl groups excluding tert-OH is 1. The van der Waals surface area contributed by atoms with Crippen molar-refractivity contribution in [1.82, 2.24) is 15.2 Å². The topological polar surface area (TPSA) is 70.9 Å². The first-order valence-electron chi connectivity index (χ1n) is 6.20. The minimum absolute atomic E-state index is 0.0455. The van der Waals surface area contributed by atoms with E-state index in [1.54, 1.807) is 0 Å². The molecule has 0 radical (unpaired) electrons. The predicted molar refractivity (Wildman–Crippen MR) is 68.0 cm³/mol. The molecule has 1 rings (SSSR count). The molecule has 0 fully saturated rings.